The summed E-state index contributed by atoms with van der Waals surface area (Å²) < 4.78 is 13.3. The summed E-state index contributed by atoms with van der Waals surface area (Å²) in [4.78, 5) is 0. The number of hydrogen-bond donors (Lipinski definition) is 1. The first kappa shape index (κ1) is 15.2. The van der Waals surface area contributed by atoms with Crippen LogP contribution < -0.4 is 10.7 Å². The Morgan fingerprint density at radius 3 is 2.32 bits per heavy atom. The van der Waals surface area contributed by atoms with Crippen LogP contribution in [0, 0.1) is 17.1 Å². The highest BCUT2D eigenvalue weighted by Crippen LogP contribution is 2.30. The summed E-state index contributed by atoms with van der Waals surface area (Å²) in [5, 5.41) is 12.6. The topological polar surface area (TPSA) is 35.8 Å². The minimum Gasteiger partial charge on any atom is -0.420 e. The Morgan fingerprint density at radius 2 is 1.60 bits per heavy atom. The number of nitriles is 1. The van der Waals surface area contributed by atoms with Gasteiger partial charge >= 0.3 is 6.85 Å². The highest BCUT2D eigenvalue weighted by Gasteiger charge is 2.28. The number of fused-ring (bicyclic) bond motifs is 1. The third-order valence-electron chi connectivity index (χ3n) is 4.43. The van der Waals surface area contributed by atoms with Crippen molar-refractivity contribution >= 4 is 29.5 Å². The summed E-state index contributed by atoms with van der Waals surface area (Å²) >= 11 is 0. The quantitative estimate of drug-likeness (QED) is 0.721. The highest BCUT2D eigenvalue weighted by molar-refractivity contribution is 6.93. The molecule has 25 heavy (non-hydrogen) atoms. The van der Waals surface area contributed by atoms with Gasteiger partial charge in [-0.25, -0.2) is 4.39 Å². The van der Waals surface area contributed by atoms with Crippen LogP contribution in [0.25, 0.3) is 11.5 Å². The molecule has 0 spiro atoms. The van der Waals surface area contributed by atoms with Crippen LogP contribution in [0.5, 0.6) is 0 Å². The molecular formula is C21H14BFN2. The Balaban J connectivity index is 1.84. The maximum Gasteiger partial charge on any atom is 0.321 e. The molecule has 2 nitrogen and oxygen atoms in total. The highest BCUT2D eigenvalue weighted by atomic mass is 19.1. The van der Waals surface area contributed by atoms with E-state index in [2.05, 4.69) is 23.4 Å². The number of nitrogens with zero attached hydrogens (tertiary/aromatic N) is 1. The van der Waals surface area contributed by atoms with Gasteiger partial charge < -0.3 is 5.23 Å². The van der Waals surface area contributed by atoms with Gasteiger partial charge in [0.05, 0.1) is 11.6 Å². The van der Waals surface area contributed by atoms with E-state index in [1.807, 2.05) is 42.5 Å². The minimum atomic E-state index is -0.246. The van der Waals surface area contributed by atoms with Gasteiger partial charge in [-0.05, 0) is 46.9 Å². The zero-order valence-electron chi connectivity index (χ0n) is 13.4. The molecule has 4 heteroatoms. The molecular weight excluding hydrogens is 310 g/mol. The van der Waals surface area contributed by atoms with Crippen LogP contribution in [-0.4, -0.2) is 6.85 Å². The molecule has 0 unspecified atom stereocenters. The van der Waals surface area contributed by atoms with Gasteiger partial charge in [0.2, 0.25) is 0 Å². The second kappa shape index (κ2) is 6.29. The third kappa shape index (κ3) is 2.93. The number of hydrogen-bond acceptors (Lipinski definition) is 2. The normalized spacial score (nSPS) is 12.6. The van der Waals surface area contributed by atoms with Crippen LogP contribution in [0.2, 0.25) is 0 Å². The molecule has 0 amide bonds. The largest absolute Gasteiger partial charge is 0.420 e. The van der Waals surface area contributed by atoms with Gasteiger partial charge in [0, 0.05) is 5.69 Å². The van der Waals surface area contributed by atoms with Crippen LogP contribution in [-0.2, 0) is 0 Å². The summed E-state index contributed by atoms with van der Waals surface area (Å²) in [6.07, 6.45) is 2.15. The molecule has 1 aliphatic rings. The zero-order valence-corrected chi connectivity index (χ0v) is 13.4. The predicted molar refractivity (Wildman–Crippen MR) is 101 cm³/mol. The second-order valence-electron chi connectivity index (χ2n) is 6.00. The lowest BCUT2D eigenvalue weighted by Crippen LogP contribution is -2.41. The number of anilines is 1. The predicted octanol–water partition coefficient (Wildman–Crippen LogP) is 4.10. The fourth-order valence-corrected chi connectivity index (χ4v) is 3.14. The molecule has 0 saturated heterocycles. The summed E-state index contributed by atoms with van der Waals surface area (Å²) in [5.74, 6) is -0.246. The summed E-state index contributed by atoms with van der Waals surface area (Å²) in [7, 11) is 0. The van der Waals surface area contributed by atoms with Crippen molar-refractivity contribution in [3.8, 4) is 6.07 Å². The van der Waals surface area contributed by atoms with E-state index in [0.717, 1.165) is 27.7 Å². The van der Waals surface area contributed by atoms with Crippen LogP contribution in [0.15, 0.2) is 72.8 Å². The van der Waals surface area contributed by atoms with Crippen molar-refractivity contribution in [3.63, 3.8) is 0 Å². The monoisotopic (exact) mass is 324 g/mol. The van der Waals surface area contributed by atoms with Crippen LogP contribution >= 0.6 is 0 Å². The molecule has 0 aromatic heterocycles. The maximum absolute atomic E-state index is 13.3. The molecule has 3 aromatic carbocycles. The van der Waals surface area contributed by atoms with Crippen molar-refractivity contribution in [3.05, 3.63) is 95.3 Å². The number of halogens is 1. The van der Waals surface area contributed by atoms with Gasteiger partial charge in [0.15, 0.2) is 0 Å². The SMILES string of the molecule is N#Cc1ccc(C2=Cc3ccccc3NB2c2ccc(F)cc2)cc1. The molecule has 0 fully saturated rings. The lowest BCUT2D eigenvalue weighted by atomic mass is 9.47. The van der Waals surface area contributed by atoms with E-state index in [0.29, 0.717) is 5.56 Å². The second-order valence-corrected chi connectivity index (χ2v) is 6.00. The number of para-hydroxylation sites is 1. The number of nitrogens with one attached hydrogen (secondary N) is 1. The van der Waals surface area contributed by atoms with Gasteiger partial charge in [-0.3, -0.25) is 0 Å². The molecule has 118 valence electrons. The van der Waals surface area contributed by atoms with Crippen molar-refractivity contribution in [1.82, 2.24) is 0 Å². The van der Waals surface area contributed by atoms with E-state index in [1.165, 1.54) is 12.1 Å². The molecule has 1 N–H and O–H groups in total. The number of benzene rings is 3. The molecule has 4 rings (SSSR count). The van der Waals surface area contributed by atoms with Gasteiger partial charge in [-0.2, -0.15) is 5.26 Å². The molecule has 1 heterocycles. The third-order valence-corrected chi connectivity index (χ3v) is 4.43. The van der Waals surface area contributed by atoms with E-state index in [1.54, 1.807) is 12.1 Å². The van der Waals surface area contributed by atoms with Crippen molar-refractivity contribution in [2.45, 2.75) is 0 Å². The van der Waals surface area contributed by atoms with Gasteiger partial charge in [-0.15, -0.1) is 0 Å². The van der Waals surface area contributed by atoms with Gasteiger partial charge in [-0.1, -0.05) is 54.0 Å². The van der Waals surface area contributed by atoms with Crippen LogP contribution in [0.4, 0.5) is 10.1 Å². The Bertz CT molecular complexity index is 986. The first-order valence-electron chi connectivity index (χ1n) is 8.08. The van der Waals surface area contributed by atoms with Crippen molar-refractivity contribution < 1.29 is 4.39 Å². The minimum absolute atomic E-state index is 0.0802. The molecule has 1 aliphatic heterocycles. The first-order valence-corrected chi connectivity index (χ1v) is 8.08. The van der Waals surface area contributed by atoms with Crippen molar-refractivity contribution in [2.24, 2.45) is 0 Å². The molecule has 0 saturated carbocycles. The molecule has 0 bridgehead atoms. The Kier molecular flexibility index (Phi) is 3.83. The van der Waals surface area contributed by atoms with Crippen LogP contribution in [0.1, 0.15) is 16.7 Å². The first-order chi connectivity index (χ1) is 12.2. The Labute approximate surface area is 146 Å². The van der Waals surface area contributed by atoms with Gasteiger partial charge in [0.1, 0.15) is 5.82 Å². The smallest absolute Gasteiger partial charge is 0.321 e. The van der Waals surface area contributed by atoms with E-state index in [9.17, 15) is 4.39 Å². The van der Waals surface area contributed by atoms with E-state index >= 15 is 0 Å². The molecule has 0 aliphatic carbocycles. The maximum atomic E-state index is 13.3. The average molecular weight is 324 g/mol. The van der Waals surface area contributed by atoms with E-state index in [4.69, 9.17) is 5.26 Å². The van der Waals surface area contributed by atoms with Gasteiger partial charge in [0.25, 0.3) is 0 Å². The molecule has 3 aromatic rings. The van der Waals surface area contributed by atoms with Crippen molar-refractivity contribution in [2.75, 3.05) is 5.23 Å². The Morgan fingerprint density at radius 1 is 0.880 bits per heavy atom. The summed E-state index contributed by atoms with van der Waals surface area (Å²) in [6, 6.07) is 24.4. The summed E-state index contributed by atoms with van der Waals surface area (Å²) in [5.41, 5.74) is 5.91. The zero-order chi connectivity index (χ0) is 17.2. The molecule has 0 atom stereocenters. The Hall–Kier alpha value is -3.32. The average Bonchev–Trinajstić information content (AvgIpc) is 2.68. The van der Waals surface area contributed by atoms with E-state index < -0.39 is 0 Å². The summed E-state index contributed by atoms with van der Waals surface area (Å²) in [6.45, 7) is -0.0802. The van der Waals surface area contributed by atoms with Crippen molar-refractivity contribution in [1.29, 1.82) is 5.26 Å². The van der Waals surface area contributed by atoms with E-state index in [-0.39, 0.29) is 12.7 Å². The van der Waals surface area contributed by atoms with Crippen LogP contribution in [0.3, 0.4) is 0 Å². The fourth-order valence-electron chi connectivity index (χ4n) is 3.14. The lowest BCUT2D eigenvalue weighted by Gasteiger charge is -2.26. The standard InChI is InChI=1S/C21H14BFN2/c23-19-11-9-18(10-12-19)22-20(16-7-5-15(14-24)6-8-16)13-17-3-1-2-4-21(17)25-22/h1-13,25H. The molecule has 0 radical (unpaired) electrons. The fraction of sp³-hybridized carbons (Fsp3) is 0. The lowest BCUT2D eigenvalue weighted by molar-refractivity contribution is 0.628. The number of rotatable bonds is 2.